The molecule has 0 aromatic carbocycles. The fourth-order valence-corrected chi connectivity index (χ4v) is 5.86. The average molecular weight is 383 g/mol. The van der Waals surface area contributed by atoms with Gasteiger partial charge in [0.25, 0.3) is 0 Å². The Hall–Kier alpha value is -1.75. The third-order valence-electron chi connectivity index (χ3n) is 6.78. The second-order valence-corrected chi connectivity index (χ2v) is 9.82. The molecule has 1 aromatic heterocycles. The minimum absolute atomic E-state index is 0.0969. The number of rotatable bonds is 7. The van der Waals surface area contributed by atoms with Crippen LogP contribution in [0.4, 0.5) is 0 Å². The highest BCUT2D eigenvalue weighted by Crippen LogP contribution is 2.54. The van der Waals surface area contributed by atoms with Crippen molar-refractivity contribution >= 4 is 12.1 Å². The Bertz CT molecular complexity index is 731. The number of aromatic nitrogens is 1. The quantitative estimate of drug-likeness (QED) is 0.788. The summed E-state index contributed by atoms with van der Waals surface area (Å²) in [5.41, 5.74) is 0.292. The summed E-state index contributed by atoms with van der Waals surface area (Å²) in [4.78, 5) is 25.5. The number of nitrogens with zero attached hydrogens (tertiary/aromatic N) is 3. The van der Waals surface area contributed by atoms with Crippen LogP contribution in [-0.4, -0.2) is 46.7 Å². The molecule has 5 rings (SSSR count). The molecule has 0 radical (unpaired) electrons. The van der Waals surface area contributed by atoms with Crippen LogP contribution in [0.25, 0.3) is 0 Å². The first kappa shape index (κ1) is 19.6. The molecule has 28 heavy (non-hydrogen) atoms. The molecule has 1 aromatic rings. The third kappa shape index (κ3) is 3.38. The predicted molar refractivity (Wildman–Crippen MR) is 112 cm³/mol. The second kappa shape index (κ2) is 7.58. The Morgan fingerprint density at radius 2 is 2.11 bits per heavy atom. The number of hydrogen-bond donors (Lipinski definition) is 1. The molecule has 3 aliphatic heterocycles. The summed E-state index contributed by atoms with van der Waals surface area (Å²) in [6.45, 7) is 11.8. The van der Waals surface area contributed by atoms with Gasteiger partial charge in [0, 0.05) is 43.4 Å². The smallest absolute Gasteiger partial charge is 0.248 e. The van der Waals surface area contributed by atoms with Crippen LogP contribution in [0.15, 0.2) is 29.4 Å². The first-order valence-electron chi connectivity index (χ1n) is 10.9. The van der Waals surface area contributed by atoms with Gasteiger partial charge in [0.05, 0.1) is 12.2 Å². The van der Waals surface area contributed by atoms with Crippen molar-refractivity contribution in [2.24, 2.45) is 34.6 Å². The summed E-state index contributed by atoms with van der Waals surface area (Å²) in [5, 5.41) is 3.18. The first-order chi connectivity index (χ1) is 13.4. The Labute approximate surface area is 169 Å². The largest absolute Gasteiger partial charge is 0.348 e. The van der Waals surface area contributed by atoms with E-state index >= 15 is 0 Å². The molecule has 5 atom stereocenters. The van der Waals surface area contributed by atoms with E-state index in [1.165, 1.54) is 0 Å². The van der Waals surface area contributed by atoms with Crippen LogP contribution < -0.4 is 5.32 Å². The molecular formula is C23H34N4O. The zero-order chi connectivity index (χ0) is 19.9. The van der Waals surface area contributed by atoms with E-state index in [1.54, 1.807) is 6.20 Å². The molecule has 1 saturated heterocycles. The lowest BCUT2D eigenvalue weighted by Gasteiger charge is -2.51. The predicted octanol–water partition coefficient (Wildman–Crippen LogP) is 3.16. The number of aliphatic imine (C=N–C) groups is 1. The normalized spacial score (nSPS) is 33.8. The molecular weight excluding hydrogens is 348 g/mol. The number of amides is 1. The van der Waals surface area contributed by atoms with Gasteiger partial charge in [-0.1, -0.05) is 33.8 Å². The van der Waals surface area contributed by atoms with Gasteiger partial charge in [0.1, 0.15) is 5.54 Å². The summed E-state index contributed by atoms with van der Waals surface area (Å²) < 4.78 is 0. The summed E-state index contributed by atoms with van der Waals surface area (Å²) >= 11 is 0. The summed E-state index contributed by atoms with van der Waals surface area (Å²) in [7, 11) is 0. The van der Waals surface area contributed by atoms with Crippen LogP contribution in [-0.2, 0) is 11.3 Å². The van der Waals surface area contributed by atoms with E-state index in [0.717, 1.165) is 31.6 Å². The van der Waals surface area contributed by atoms with Crippen LogP contribution in [0.2, 0.25) is 0 Å². The van der Waals surface area contributed by atoms with Crippen molar-refractivity contribution < 1.29 is 4.79 Å². The van der Waals surface area contributed by atoms with Crippen molar-refractivity contribution in [2.75, 3.05) is 13.1 Å². The lowest BCUT2D eigenvalue weighted by Crippen LogP contribution is -2.63. The van der Waals surface area contributed by atoms with Crippen molar-refractivity contribution in [2.45, 2.75) is 58.7 Å². The van der Waals surface area contributed by atoms with Crippen LogP contribution >= 0.6 is 0 Å². The summed E-state index contributed by atoms with van der Waals surface area (Å²) in [6.07, 6.45) is 5.85. The van der Waals surface area contributed by atoms with E-state index in [9.17, 15) is 4.79 Å². The molecule has 152 valence electrons. The average Bonchev–Trinajstić information content (AvgIpc) is 2.95. The topological polar surface area (TPSA) is 57.6 Å². The molecule has 1 saturated carbocycles. The van der Waals surface area contributed by atoms with Crippen molar-refractivity contribution in [3.05, 3.63) is 30.1 Å². The number of likely N-dealkylation sites (tertiary alicyclic amines) is 1. The van der Waals surface area contributed by atoms with Gasteiger partial charge in [-0.25, -0.2) is 0 Å². The van der Waals surface area contributed by atoms with Crippen LogP contribution in [0.5, 0.6) is 0 Å². The van der Waals surface area contributed by atoms with Crippen LogP contribution in [0.3, 0.4) is 0 Å². The highest BCUT2D eigenvalue weighted by Gasteiger charge is 2.63. The molecule has 5 nitrogen and oxygen atoms in total. The molecule has 0 unspecified atom stereocenters. The fraction of sp³-hybridized carbons (Fsp3) is 0.696. The maximum absolute atomic E-state index is 13.5. The minimum atomic E-state index is -0.602. The Kier molecular flexibility index (Phi) is 5.30. The number of carbonyl (C=O) groups is 1. The van der Waals surface area contributed by atoms with E-state index in [-0.39, 0.29) is 5.91 Å². The second-order valence-electron chi connectivity index (χ2n) is 9.82. The monoisotopic (exact) mass is 382 g/mol. The highest BCUT2D eigenvalue weighted by atomic mass is 16.2. The van der Waals surface area contributed by atoms with E-state index in [2.05, 4.69) is 49.1 Å². The lowest BCUT2D eigenvalue weighted by molar-refractivity contribution is -0.132. The van der Waals surface area contributed by atoms with Crippen molar-refractivity contribution in [1.82, 2.24) is 15.2 Å². The molecule has 4 bridgehead atoms. The Balaban J connectivity index is 1.60. The maximum Gasteiger partial charge on any atom is 0.248 e. The van der Waals surface area contributed by atoms with E-state index in [0.29, 0.717) is 42.2 Å². The zero-order valence-electron chi connectivity index (χ0n) is 17.6. The van der Waals surface area contributed by atoms with Crippen LogP contribution in [0, 0.1) is 29.6 Å². The summed E-state index contributed by atoms with van der Waals surface area (Å²) in [5.74, 6) is 2.67. The Morgan fingerprint density at radius 3 is 2.79 bits per heavy atom. The zero-order valence-corrected chi connectivity index (χ0v) is 17.6. The van der Waals surface area contributed by atoms with Crippen LogP contribution in [0.1, 0.15) is 46.2 Å². The molecule has 4 aliphatic rings. The summed E-state index contributed by atoms with van der Waals surface area (Å²) in [6, 6.07) is 6.28. The molecule has 4 heterocycles. The third-order valence-corrected chi connectivity index (χ3v) is 6.78. The van der Waals surface area contributed by atoms with E-state index < -0.39 is 5.54 Å². The van der Waals surface area contributed by atoms with Gasteiger partial charge in [-0.15, -0.1) is 0 Å². The highest BCUT2D eigenvalue weighted by molar-refractivity contribution is 5.91. The van der Waals surface area contributed by atoms with Crippen molar-refractivity contribution in [3.63, 3.8) is 0 Å². The fourth-order valence-electron chi connectivity index (χ4n) is 5.86. The van der Waals surface area contributed by atoms with Gasteiger partial charge in [-0.3, -0.25) is 19.7 Å². The lowest BCUT2D eigenvalue weighted by atomic mass is 9.59. The van der Waals surface area contributed by atoms with E-state index in [1.807, 2.05) is 18.2 Å². The molecule has 1 N–H and O–H groups in total. The van der Waals surface area contributed by atoms with Crippen molar-refractivity contribution in [3.8, 4) is 0 Å². The van der Waals surface area contributed by atoms with E-state index in [4.69, 9.17) is 4.99 Å². The number of nitrogens with one attached hydrogen (secondary N) is 1. The van der Waals surface area contributed by atoms with Crippen molar-refractivity contribution in [1.29, 1.82) is 0 Å². The van der Waals surface area contributed by atoms with Gasteiger partial charge < -0.3 is 5.32 Å². The van der Waals surface area contributed by atoms with Gasteiger partial charge in [0.15, 0.2) is 0 Å². The SMILES string of the molecule is CC(C)C[C@H]1[C@@H]2[C@@H]3C=N[C@@]1(C(=O)NCc1ccccn1)C[C@@H]3CN2CC(C)C. The minimum Gasteiger partial charge on any atom is -0.348 e. The molecule has 0 spiro atoms. The van der Waals surface area contributed by atoms with Gasteiger partial charge in [-0.05, 0) is 42.7 Å². The standard InChI is InChI=1S/C23H34N4O/c1-15(2)9-20-21-19-12-26-23(20,10-17(19)14-27(21)13-16(3)4)22(28)25-11-18-7-5-6-8-24-18/h5-8,12,15-17,19-21H,9-11,13-14H2,1-4H3,(H,25,28)/t17-,19-,20+,21+,23+/m1/s1. The maximum atomic E-state index is 13.5. The molecule has 1 amide bonds. The first-order valence-corrected chi connectivity index (χ1v) is 10.9. The Morgan fingerprint density at radius 1 is 1.29 bits per heavy atom. The number of hydrogen-bond acceptors (Lipinski definition) is 4. The molecule has 1 aliphatic carbocycles. The molecule has 5 heteroatoms. The number of carbonyl (C=O) groups excluding carboxylic acids is 1. The van der Waals surface area contributed by atoms with Gasteiger partial charge >= 0.3 is 0 Å². The molecule has 2 fully saturated rings. The number of pyridine rings is 1. The van der Waals surface area contributed by atoms with Gasteiger partial charge in [0.2, 0.25) is 5.91 Å². The van der Waals surface area contributed by atoms with Gasteiger partial charge in [-0.2, -0.15) is 0 Å².